The number of hydrogen-bond donors (Lipinski definition) is 0. The van der Waals surface area contributed by atoms with Crippen LogP contribution in [0.25, 0.3) is 21.7 Å². The molecule has 322 valence electrons. The molecule has 13 nitrogen and oxygen atoms in total. The summed E-state index contributed by atoms with van der Waals surface area (Å²) in [6, 6.07) is 32.3. The van der Waals surface area contributed by atoms with Crippen LogP contribution in [0.15, 0.2) is 131 Å². The molecule has 0 spiro atoms. The van der Waals surface area contributed by atoms with Crippen molar-refractivity contribution in [2.24, 2.45) is 0 Å². The fraction of sp³-hybridized carbons (Fsp3) is 0.292. The van der Waals surface area contributed by atoms with Crippen LogP contribution in [0.2, 0.25) is 0 Å². The van der Waals surface area contributed by atoms with Crippen LogP contribution in [-0.2, 0) is 21.6 Å². The summed E-state index contributed by atoms with van der Waals surface area (Å²) in [5.74, 6) is -0.790. The first kappa shape index (κ1) is 40.2. The maximum absolute atomic E-state index is 15.0. The molecule has 5 heterocycles. The number of hydrogen-bond acceptors (Lipinski definition) is 10. The summed E-state index contributed by atoms with van der Waals surface area (Å²) >= 11 is 0. The van der Waals surface area contributed by atoms with Gasteiger partial charge in [-0.2, -0.15) is 5.10 Å². The van der Waals surface area contributed by atoms with E-state index in [9.17, 15) is 14.0 Å². The van der Waals surface area contributed by atoms with Crippen molar-refractivity contribution in [1.82, 2.24) is 19.7 Å². The zero-order valence-electron chi connectivity index (χ0n) is 34.8. The molecule has 3 atom stereocenters. The third-order valence-corrected chi connectivity index (χ3v) is 12.2. The third kappa shape index (κ3) is 7.82. The molecule has 3 fully saturated rings. The van der Waals surface area contributed by atoms with Crippen molar-refractivity contribution in [2.75, 3.05) is 60.6 Å². The minimum atomic E-state index is -1.25. The largest absolute Gasteiger partial charge is 0.488 e. The van der Waals surface area contributed by atoms with E-state index in [4.69, 9.17) is 18.6 Å². The molecule has 2 amide bonds. The maximum atomic E-state index is 15.0. The zero-order valence-corrected chi connectivity index (χ0v) is 34.8. The van der Waals surface area contributed by atoms with E-state index in [1.165, 1.54) is 29.5 Å². The quantitative estimate of drug-likeness (QED) is 0.0940. The molecule has 3 aliphatic rings. The van der Waals surface area contributed by atoms with Gasteiger partial charge in [0.1, 0.15) is 47.8 Å². The Balaban J connectivity index is 0.751. The summed E-state index contributed by atoms with van der Waals surface area (Å²) in [6.45, 7) is 7.66. The van der Waals surface area contributed by atoms with Crippen LogP contribution in [0, 0.1) is 11.6 Å². The lowest BCUT2D eigenvalue weighted by Gasteiger charge is -2.37. The first-order valence-corrected chi connectivity index (χ1v) is 21.1. The van der Waals surface area contributed by atoms with Gasteiger partial charge in [-0.05, 0) is 97.4 Å². The van der Waals surface area contributed by atoms with Crippen LogP contribution in [0.5, 0.6) is 5.75 Å². The van der Waals surface area contributed by atoms with Crippen molar-refractivity contribution in [1.29, 1.82) is 0 Å². The van der Waals surface area contributed by atoms with Crippen LogP contribution in [0.1, 0.15) is 31.0 Å². The molecule has 5 aromatic carbocycles. The fourth-order valence-electron chi connectivity index (χ4n) is 9.07. The van der Waals surface area contributed by atoms with E-state index in [0.29, 0.717) is 23.4 Å². The molecule has 0 saturated carbocycles. The van der Waals surface area contributed by atoms with Crippen LogP contribution in [-0.4, -0.2) is 84.0 Å². The van der Waals surface area contributed by atoms with Gasteiger partial charge in [-0.1, -0.05) is 30.3 Å². The van der Waals surface area contributed by atoms with Gasteiger partial charge in [-0.15, -0.1) is 0 Å². The van der Waals surface area contributed by atoms with Crippen LogP contribution < -0.4 is 25.1 Å². The molecule has 0 radical (unpaired) electrons. The van der Waals surface area contributed by atoms with Crippen LogP contribution >= 0.6 is 0 Å². The second-order valence-corrected chi connectivity index (χ2v) is 16.5. The van der Waals surface area contributed by atoms with Gasteiger partial charge in [0, 0.05) is 66.3 Å². The number of carbonyl (C=O) groups excluding carboxylic acids is 1. The zero-order chi connectivity index (χ0) is 43.2. The number of benzene rings is 5. The first-order chi connectivity index (χ1) is 30.6. The second kappa shape index (κ2) is 16.5. The Labute approximate surface area is 361 Å². The van der Waals surface area contributed by atoms with Gasteiger partial charge in [0.05, 0.1) is 31.3 Å². The Hall–Kier alpha value is -6.84. The molecule has 63 heavy (non-hydrogen) atoms. The highest BCUT2D eigenvalue weighted by Crippen LogP contribution is 2.38. The molecular weight excluding hydrogens is 809 g/mol. The lowest BCUT2D eigenvalue weighted by atomic mass is 9.94. The Bertz CT molecular complexity index is 2830. The number of piperazine rings is 1. The highest BCUT2D eigenvalue weighted by molar-refractivity contribution is 5.97. The lowest BCUT2D eigenvalue weighted by molar-refractivity contribution is -0.117. The number of halogens is 2. The van der Waals surface area contributed by atoms with E-state index >= 15 is 4.39 Å². The second-order valence-electron chi connectivity index (χ2n) is 16.5. The Morgan fingerprint density at radius 3 is 2.16 bits per heavy atom. The van der Waals surface area contributed by atoms with Gasteiger partial charge in [-0.25, -0.2) is 28.0 Å². The number of rotatable bonds is 11. The highest BCUT2D eigenvalue weighted by atomic mass is 19.1. The van der Waals surface area contributed by atoms with Gasteiger partial charge in [0.15, 0.2) is 6.29 Å². The Morgan fingerprint density at radius 2 is 1.49 bits per heavy atom. The molecule has 0 bridgehead atoms. The van der Waals surface area contributed by atoms with Crippen LogP contribution in [0.4, 0.5) is 30.6 Å². The summed E-state index contributed by atoms with van der Waals surface area (Å²) in [7, 11) is 0. The van der Waals surface area contributed by atoms with Crippen LogP contribution in [0.3, 0.4) is 0 Å². The highest BCUT2D eigenvalue weighted by Gasteiger charge is 2.46. The maximum Gasteiger partial charge on any atom is 0.341 e. The third-order valence-electron chi connectivity index (χ3n) is 12.2. The number of anilines is 3. The minimum Gasteiger partial charge on any atom is -0.488 e. The van der Waals surface area contributed by atoms with E-state index in [0.717, 1.165) is 65.5 Å². The van der Waals surface area contributed by atoms with Gasteiger partial charge in [0.2, 0.25) is 0 Å². The van der Waals surface area contributed by atoms with Gasteiger partial charge < -0.3 is 33.3 Å². The van der Waals surface area contributed by atoms with E-state index in [-0.39, 0.29) is 37.4 Å². The molecule has 0 N–H and O–H groups in total. The molecule has 0 aliphatic carbocycles. The average molecular weight is 854 g/mol. The number of nitrogens with zero attached hydrogens (tertiary/aromatic N) is 7. The predicted octanol–water partition coefficient (Wildman–Crippen LogP) is 7.88. The number of urea groups is 1. The average Bonchev–Trinajstić information content (AvgIpc) is 4.05. The number of ether oxygens (including phenoxy) is 3. The van der Waals surface area contributed by atoms with Gasteiger partial charge in [-0.3, -0.25) is 4.90 Å². The summed E-state index contributed by atoms with van der Waals surface area (Å²) < 4.78 is 54.4. The Morgan fingerprint density at radius 1 is 0.810 bits per heavy atom. The normalized spacial score (nSPS) is 20.5. The van der Waals surface area contributed by atoms with Crippen molar-refractivity contribution in [3.63, 3.8) is 0 Å². The van der Waals surface area contributed by atoms with Crippen molar-refractivity contribution >= 4 is 44.8 Å². The number of amides is 2. The number of carbonyl (C=O) groups is 1. The van der Waals surface area contributed by atoms with Gasteiger partial charge >= 0.3 is 11.7 Å². The molecule has 2 aromatic heterocycles. The lowest BCUT2D eigenvalue weighted by Crippen LogP contribution is -2.46. The minimum absolute atomic E-state index is 0.0143. The Kier molecular flexibility index (Phi) is 10.5. The standard InChI is InChI=1S/C48H45F2N7O6/c1-31(2)57-43(40-22-34-21-32-5-3-4-6-33(32)23-44(34)62-46(40)58)25-56(47(57)59)38-10-8-36(9-11-38)53-17-19-54(20-18-53)37-12-14-39(15-13-37)60-26-45-61-28-48(63-45,27-55-30-51-29-52-55)41-16-7-35(49)24-42(41)50/h3-16,21-24,29-31,43,45H,17-20,25-28H2,1-2H3/t43?,45-,48+/m0/s1. The topological polar surface area (TPSA) is 119 Å². The monoisotopic (exact) mass is 853 g/mol. The van der Waals surface area contributed by atoms with Crippen molar-refractivity contribution < 1.29 is 32.2 Å². The molecule has 1 unspecified atom stereocenters. The number of fused-ring (bicyclic) bond motifs is 2. The smallest absolute Gasteiger partial charge is 0.341 e. The van der Waals surface area contributed by atoms with Crippen molar-refractivity contribution in [3.05, 3.63) is 155 Å². The fourth-order valence-corrected chi connectivity index (χ4v) is 9.07. The molecule has 10 rings (SSSR count). The predicted molar refractivity (Wildman–Crippen MR) is 234 cm³/mol. The molecule has 3 aliphatic heterocycles. The molecule has 7 aromatic rings. The molecule has 15 heteroatoms. The van der Waals surface area contributed by atoms with Gasteiger partial charge in [0.25, 0.3) is 0 Å². The van der Waals surface area contributed by atoms with E-state index in [1.54, 1.807) is 9.80 Å². The summed E-state index contributed by atoms with van der Waals surface area (Å²) in [5, 5.41) is 7.01. The summed E-state index contributed by atoms with van der Waals surface area (Å²) in [6.07, 6.45) is 2.08. The number of aromatic nitrogens is 3. The van der Waals surface area contributed by atoms with E-state index in [1.807, 2.05) is 92.7 Å². The summed E-state index contributed by atoms with van der Waals surface area (Å²) in [5.41, 5.74) is 2.38. The summed E-state index contributed by atoms with van der Waals surface area (Å²) in [4.78, 5) is 39.5. The van der Waals surface area contributed by atoms with Crippen molar-refractivity contribution in [2.45, 2.75) is 44.4 Å². The molecular formula is C48H45F2N7O6. The van der Waals surface area contributed by atoms with Crippen molar-refractivity contribution in [3.8, 4) is 5.75 Å². The van der Waals surface area contributed by atoms with E-state index < -0.39 is 35.2 Å². The SMILES string of the molecule is CC(C)N1C(=O)N(c2ccc(N3CCN(c4ccc(OC[C@H]5OC[C@](Cn6cncn6)(c6ccc(F)cc6F)O5)cc4)CC3)cc2)CC1c1cc2cc3ccccc3cc2oc1=O. The van der Waals surface area contributed by atoms with E-state index in [2.05, 4.69) is 32.0 Å². The first-order valence-electron chi connectivity index (χ1n) is 21.1. The molecule has 3 saturated heterocycles.